The zero-order valence-electron chi connectivity index (χ0n) is 9.43. The van der Waals surface area contributed by atoms with Crippen molar-refractivity contribution in [2.75, 3.05) is 4.90 Å². The Kier molecular flexibility index (Phi) is 2.59. The Morgan fingerprint density at radius 1 is 1.11 bits per heavy atom. The van der Waals surface area contributed by atoms with Gasteiger partial charge in [-0.1, -0.05) is 34.1 Å². The maximum absolute atomic E-state index is 12.1. The summed E-state index contributed by atoms with van der Waals surface area (Å²) in [5.74, 6) is 0.0767. The van der Waals surface area contributed by atoms with E-state index in [1.54, 1.807) is 23.1 Å². The SMILES string of the molecule is O=C1Cc2ccccc2N1c1cc(Br)ccc1O. The summed E-state index contributed by atoms with van der Waals surface area (Å²) in [6.07, 6.45) is 0.377. The minimum Gasteiger partial charge on any atom is -0.506 e. The number of phenolic OH excluding ortho intramolecular Hbond substituents is 1. The van der Waals surface area contributed by atoms with Crippen LogP contribution in [0.3, 0.4) is 0 Å². The summed E-state index contributed by atoms with van der Waals surface area (Å²) >= 11 is 3.35. The first-order valence-electron chi connectivity index (χ1n) is 5.56. The van der Waals surface area contributed by atoms with Crippen LogP contribution in [-0.2, 0) is 11.2 Å². The number of para-hydroxylation sites is 1. The van der Waals surface area contributed by atoms with Gasteiger partial charge in [-0.15, -0.1) is 0 Å². The summed E-state index contributed by atoms with van der Waals surface area (Å²) in [5, 5.41) is 9.92. The highest BCUT2D eigenvalue weighted by Gasteiger charge is 2.29. The fraction of sp³-hybridized carbons (Fsp3) is 0.0714. The van der Waals surface area contributed by atoms with Gasteiger partial charge in [0.15, 0.2) is 0 Å². The fourth-order valence-electron chi connectivity index (χ4n) is 2.19. The minimum absolute atomic E-state index is 0.0235. The van der Waals surface area contributed by atoms with Gasteiger partial charge in [0.2, 0.25) is 5.91 Å². The van der Waals surface area contributed by atoms with Crippen LogP contribution < -0.4 is 4.90 Å². The predicted molar refractivity (Wildman–Crippen MR) is 73.1 cm³/mol. The topological polar surface area (TPSA) is 40.5 Å². The van der Waals surface area contributed by atoms with Crippen molar-refractivity contribution < 1.29 is 9.90 Å². The van der Waals surface area contributed by atoms with E-state index in [-0.39, 0.29) is 11.7 Å². The molecule has 0 saturated heterocycles. The molecule has 1 heterocycles. The molecule has 2 aromatic rings. The van der Waals surface area contributed by atoms with Gasteiger partial charge in [-0.2, -0.15) is 0 Å². The molecule has 1 amide bonds. The molecule has 1 aliphatic rings. The molecule has 0 aliphatic carbocycles. The lowest BCUT2D eigenvalue weighted by Gasteiger charge is -2.19. The zero-order valence-corrected chi connectivity index (χ0v) is 11.0. The molecule has 0 bridgehead atoms. The first-order valence-corrected chi connectivity index (χ1v) is 6.35. The van der Waals surface area contributed by atoms with Crippen molar-refractivity contribution in [2.45, 2.75) is 6.42 Å². The van der Waals surface area contributed by atoms with E-state index >= 15 is 0 Å². The molecule has 0 spiro atoms. The molecule has 0 saturated carbocycles. The van der Waals surface area contributed by atoms with Gasteiger partial charge < -0.3 is 5.11 Å². The number of anilines is 2. The number of hydrogen-bond acceptors (Lipinski definition) is 2. The molecule has 0 radical (unpaired) electrons. The molecule has 4 heteroatoms. The summed E-state index contributed by atoms with van der Waals surface area (Å²) in [7, 11) is 0. The quantitative estimate of drug-likeness (QED) is 0.877. The molecule has 0 aromatic heterocycles. The number of rotatable bonds is 1. The largest absolute Gasteiger partial charge is 0.506 e. The van der Waals surface area contributed by atoms with Gasteiger partial charge in [0.25, 0.3) is 0 Å². The van der Waals surface area contributed by atoms with E-state index in [1.165, 1.54) is 0 Å². The Hall–Kier alpha value is -1.81. The molecule has 1 N–H and O–H groups in total. The van der Waals surface area contributed by atoms with Crippen LogP contribution in [0.15, 0.2) is 46.9 Å². The van der Waals surface area contributed by atoms with Gasteiger partial charge >= 0.3 is 0 Å². The monoisotopic (exact) mass is 303 g/mol. The molecule has 3 rings (SSSR count). The van der Waals surface area contributed by atoms with Crippen molar-refractivity contribution in [2.24, 2.45) is 0 Å². The Morgan fingerprint density at radius 3 is 2.72 bits per heavy atom. The van der Waals surface area contributed by atoms with Crippen molar-refractivity contribution in [1.82, 2.24) is 0 Å². The van der Waals surface area contributed by atoms with Crippen LogP contribution >= 0.6 is 15.9 Å². The number of hydrogen-bond donors (Lipinski definition) is 1. The predicted octanol–water partition coefficient (Wildman–Crippen LogP) is 3.38. The van der Waals surface area contributed by atoms with E-state index in [4.69, 9.17) is 0 Å². The van der Waals surface area contributed by atoms with Crippen molar-refractivity contribution in [3.8, 4) is 5.75 Å². The number of nitrogens with zero attached hydrogens (tertiary/aromatic N) is 1. The number of aromatic hydroxyl groups is 1. The maximum Gasteiger partial charge on any atom is 0.236 e. The fourth-order valence-corrected chi connectivity index (χ4v) is 2.54. The van der Waals surface area contributed by atoms with E-state index in [0.29, 0.717) is 12.1 Å². The number of fused-ring (bicyclic) bond motifs is 1. The summed E-state index contributed by atoms with van der Waals surface area (Å²) in [4.78, 5) is 13.7. The Morgan fingerprint density at radius 2 is 1.89 bits per heavy atom. The minimum atomic E-state index is -0.0235. The summed E-state index contributed by atoms with van der Waals surface area (Å²) < 4.78 is 0.826. The van der Waals surface area contributed by atoms with E-state index < -0.39 is 0 Å². The highest BCUT2D eigenvalue weighted by atomic mass is 79.9. The van der Waals surface area contributed by atoms with Gasteiger partial charge in [-0.25, -0.2) is 0 Å². The second-order valence-corrected chi connectivity index (χ2v) is 5.08. The zero-order chi connectivity index (χ0) is 12.7. The van der Waals surface area contributed by atoms with Crippen molar-refractivity contribution in [1.29, 1.82) is 0 Å². The van der Waals surface area contributed by atoms with Gasteiger partial charge in [-0.3, -0.25) is 9.69 Å². The second-order valence-electron chi connectivity index (χ2n) is 4.17. The number of halogens is 1. The van der Waals surface area contributed by atoms with Crippen LogP contribution in [0.25, 0.3) is 0 Å². The number of phenols is 1. The van der Waals surface area contributed by atoms with Gasteiger partial charge in [0, 0.05) is 4.47 Å². The Bertz CT molecular complexity index is 639. The van der Waals surface area contributed by atoms with Crippen LogP contribution in [0.5, 0.6) is 5.75 Å². The lowest BCUT2D eigenvalue weighted by atomic mass is 10.2. The van der Waals surface area contributed by atoms with Crippen molar-refractivity contribution >= 4 is 33.2 Å². The standard InChI is InChI=1S/C14H10BrNO2/c15-10-5-6-13(17)12(8-10)16-11-4-2-1-3-9(11)7-14(16)18/h1-6,8,17H,7H2. The molecule has 18 heavy (non-hydrogen) atoms. The number of carbonyl (C=O) groups is 1. The van der Waals surface area contributed by atoms with Crippen molar-refractivity contribution in [3.05, 3.63) is 52.5 Å². The lowest BCUT2D eigenvalue weighted by Crippen LogP contribution is -2.20. The molecule has 90 valence electrons. The van der Waals surface area contributed by atoms with Gasteiger partial charge in [-0.05, 0) is 29.8 Å². The third-order valence-electron chi connectivity index (χ3n) is 3.00. The first kappa shape index (κ1) is 11.3. The van der Waals surface area contributed by atoms with E-state index in [2.05, 4.69) is 15.9 Å². The summed E-state index contributed by atoms with van der Waals surface area (Å²) in [5.41, 5.74) is 2.34. The smallest absolute Gasteiger partial charge is 0.236 e. The lowest BCUT2D eigenvalue weighted by molar-refractivity contribution is -0.116. The molecule has 3 nitrogen and oxygen atoms in total. The van der Waals surface area contributed by atoms with Crippen LogP contribution in [0.2, 0.25) is 0 Å². The molecule has 0 fully saturated rings. The van der Waals surface area contributed by atoms with Gasteiger partial charge in [0.1, 0.15) is 5.75 Å². The highest BCUT2D eigenvalue weighted by molar-refractivity contribution is 9.10. The van der Waals surface area contributed by atoms with Crippen LogP contribution in [-0.4, -0.2) is 11.0 Å². The Balaban J connectivity index is 2.17. The summed E-state index contributed by atoms with van der Waals surface area (Å²) in [6.45, 7) is 0. The number of carbonyl (C=O) groups excluding carboxylic acids is 1. The molecule has 0 unspecified atom stereocenters. The van der Waals surface area contributed by atoms with Crippen LogP contribution in [0.1, 0.15) is 5.56 Å². The normalized spacial score (nSPS) is 13.8. The van der Waals surface area contributed by atoms with E-state index in [9.17, 15) is 9.90 Å². The average Bonchev–Trinajstić information content (AvgIpc) is 2.68. The van der Waals surface area contributed by atoms with Crippen molar-refractivity contribution in [3.63, 3.8) is 0 Å². The second kappa shape index (κ2) is 4.14. The summed E-state index contributed by atoms with van der Waals surface area (Å²) in [6, 6.07) is 12.7. The number of benzene rings is 2. The molecule has 1 aliphatic heterocycles. The van der Waals surface area contributed by atoms with E-state index in [1.807, 2.05) is 24.3 Å². The molecular weight excluding hydrogens is 294 g/mol. The first-order chi connectivity index (χ1) is 8.66. The van der Waals surface area contributed by atoms with Crippen LogP contribution in [0.4, 0.5) is 11.4 Å². The van der Waals surface area contributed by atoms with Crippen LogP contribution in [0, 0.1) is 0 Å². The molecule has 2 aromatic carbocycles. The highest BCUT2D eigenvalue weighted by Crippen LogP contribution is 2.40. The molecular formula is C14H10BrNO2. The molecule has 0 atom stereocenters. The van der Waals surface area contributed by atoms with E-state index in [0.717, 1.165) is 15.7 Å². The third-order valence-corrected chi connectivity index (χ3v) is 3.50. The third kappa shape index (κ3) is 1.69. The Labute approximate surface area is 113 Å². The average molecular weight is 304 g/mol. The maximum atomic E-state index is 12.1. The number of amides is 1. The van der Waals surface area contributed by atoms with Gasteiger partial charge in [0.05, 0.1) is 17.8 Å².